The molecule has 0 aliphatic heterocycles. The van der Waals surface area contributed by atoms with Gasteiger partial charge in [0.05, 0.1) is 10.5 Å². The van der Waals surface area contributed by atoms with Crippen LogP contribution in [0.3, 0.4) is 0 Å². The second-order valence-electron chi connectivity index (χ2n) is 3.71. The van der Waals surface area contributed by atoms with Gasteiger partial charge in [0.25, 0.3) is 5.69 Å². The van der Waals surface area contributed by atoms with Crippen molar-refractivity contribution >= 4 is 22.8 Å². The van der Waals surface area contributed by atoms with E-state index in [9.17, 15) is 14.9 Å². The van der Waals surface area contributed by atoms with Crippen LogP contribution in [0.5, 0.6) is 5.75 Å². The summed E-state index contributed by atoms with van der Waals surface area (Å²) in [5.74, 6) is 0.0474. The lowest BCUT2D eigenvalue weighted by Gasteiger charge is -2.08. The van der Waals surface area contributed by atoms with E-state index in [1.54, 1.807) is 6.20 Å². The first kappa shape index (κ1) is 13.2. The Balaban J connectivity index is 2.24. The van der Waals surface area contributed by atoms with Gasteiger partial charge in [0.15, 0.2) is 5.78 Å². The minimum Gasteiger partial charge on any atom is -0.486 e. The third-order valence-corrected chi connectivity index (χ3v) is 3.14. The van der Waals surface area contributed by atoms with Crippen molar-refractivity contribution in [2.45, 2.75) is 13.5 Å². The number of nitro groups is 1. The number of ether oxygens (including phenoxy) is 1. The Morgan fingerprint density at radius 2 is 2.32 bits per heavy atom. The number of Topliss-reactive ketones (excluding diaryl/α,β-unsaturated/α-hetero) is 1. The molecular weight excluding hydrogens is 268 g/mol. The maximum atomic E-state index is 11.5. The second-order valence-corrected chi connectivity index (χ2v) is 4.69. The summed E-state index contributed by atoms with van der Waals surface area (Å²) < 4.78 is 5.48. The third kappa shape index (κ3) is 3.14. The lowest BCUT2D eigenvalue weighted by atomic mass is 10.1. The molecule has 0 fully saturated rings. The van der Waals surface area contributed by atoms with Crippen molar-refractivity contribution in [3.8, 4) is 5.75 Å². The van der Waals surface area contributed by atoms with Crippen LogP contribution in [0, 0.1) is 10.1 Å². The van der Waals surface area contributed by atoms with Gasteiger partial charge < -0.3 is 4.74 Å². The molecule has 0 aliphatic rings. The molecule has 1 aromatic carbocycles. The summed E-state index contributed by atoms with van der Waals surface area (Å²) >= 11 is 1.44. The van der Waals surface area contributed by atoms with Gasteiger partial charge in [0, 0.05) is 23.7 Å². The van der Waals surface area contributed by atoms with E-state index in [1.807, 2.05) is 5.38 Å². The standard InChI is InChI=1S/C12H10N2O4S/c1-8(15)10-6-9(14(16)17)2-3-11(10)18-7-12-13-4-5-19-12/h2-6H,7H2,1H3. The van der Waals surface area contributed by atoms with Crippen LogP contribution in [0.25, 0.3) is 0 Å². The normalized spacial score (nSPS) is 10.2. The molecule has 1 heterocycles. The van der Waals surface area contributed by atoms with Crippen LogP contribution in [0.4, 0.5) is 5.69 Å². The zero-order chi connectivity index (χ0) is 13.8. The van der Waals surface area contributed by atoms with E-state index in [0.717, 1.165) is 5.01 Å². The third-order valence-electron chi connectivity index (χ3n) is 2.39. The van der Waals surface area contributed by atoms with Crippen molar-refractivity contribution in [1.82, 2.24) is 4.98 Å². The predicted molar refractivity (Wildman–Crippen MR) is 69.5 cm³/mol. The van der Waals surface area contributed by atoms with Crippen molar-refractivity contribution in [2.24, 2.45) is 0 Å². The summed E-state index contributed by atoms with van der Waals surface area (Å²) in [6.45, 7) is 1.57. The zero-order valence-electron chi connectivity index (χ0n) is 10.0. The molecule has 0 unspecified atom stereocenters. The van der Waals surface area contributed by atoms with Crippen molar-refractivity contribution in [3.63, 3.8) is 0 Å². The second kappa shape index (κ2) is 5.57. The number of carbonyl (C=O) groups excluding carboxylic acids is 1. The number of nitrogens with zero attached hydrogens (tertiary/aromatic N) is 2. The molecule has 2 aromatic rings. The van der Waals surface area contributed by atoms with Crippen LogP contribution in [0.15, 0.2) is 29.8 Å². The van der Waals surface area contributed by atoms with Gasteiger partial charge >= 0.3 is 0 Å². The summed E-state index contributed by atoms with van der Waals surface area (Å²) in [6, 6.07) is 3.96. The largest absolute Gasteiger partial charge is 0.486 e. The van der Waals surface area contributed by atoms with Gasteiger partial charge in [0.1, 0.15) is 17.4 Å². The topological polar surface area (TPSA) is 82.3 Å². The van der Waals surface area contributed by atoms with Gasteiger partial charge in [-0.2, -0.15) is 0 Å². The highest BCUT2D eigenvalue weighted by molar-refractivity contribution is 7.09. The Morgan fingerprint density at radius 3 is 2.89 bits per heavy atom. The molecule has 0 atom stereocenters. The van der Waals surface area contributed by atoms with Crippen LogP contribution in [-0.2, 0) is 6.61 Å². The summed E-state index contributed by atoms with van der Waals surface area (Å²) in [5.41, 5.74) is 0.0672. The van der Waals surface area contributed by atoms with E-state index in [-0.39, 0.29) is 23.6 Å². The molecule has 0 saturated carbocycles. The maximum Gasteiger partial charge on any atom is 0.270 e. The number of hydrogen-bond acceptors (Lipinski definition) is 6. The number of ketones is 1. The van der Waals surface area contributed by atoms with Crippen LogP contribution in [0.2, 0.25) is 0 Å². The van der Waals surface area contributed by atoms with Crippen molar-refractivity contribution in [3.05, 3.63) is 50.5 Å². The predicted octanol–water partition coefficient (Wildman–Crippen LogP) is 2.83. The van der Waals surface area contributed by atoms with Crippen LogP contribution >= 0.6 is 11.3 Å². The fraction of sp³-hybridized carbons (Fsp3) is 0.167. The molecule has 0 aliphatic carbocycles. The molecule has 6 nitrogen and oxygen atoms in total. The Morgan fingerprint density at radius 1 is 1.53 bits per heavy atom. The molecule has 0 spiro atoms. The van der Waals surface area contributed by atoms with Crippen LogP contribution in [0.1, 0.15) is 22.3 Å². The van der Waals surface area contributed by atoms with Gasteiger partial charge in [-0.3, -0.25) is 14.9 Å². The maximum absolute atomic E-state index is 11.5. The number of thiazole rings is 1. The molecule has 2 rings (SSSR count). The highest BCUT2D eigenvalue weighted by Gasteiger charge is 2.15. The molecule has 1 aromatic heterocycles. The molecule has 0 saturated heterocycles. The first-order chi connectivity index (χ1) is 9.08. The summed E-state index contributed by atoms with van der Waals surface area (Å²) in [5, 5.41) is 13.3. The van der Waals surface area contributed by atoms with E-state index in [2.05, 4.69) is 4.98 Å². The van der Waals surface area contributed by atoms with Crippen LogP contribution < -0.4 is 4.74 Å². The van der Waals surface area contributed by atoms with Crippen molar-refractivity contribution in [1.29, 1.82) is 0 Å². The molecular formula is C12H10N2O4S. The Kier molecular flexibility index (Phi) is 3.86. The fourth-order valence-electron chi connectivity index (χ4n) is 1.50. The van der Waals surface area contributed by atoms with Gasteiger partial charge in [-0.15, -0.1) is 11.3 Å². The van der Waals surface area contributed by atoms with Gasteiger partial charge in [0.2, 0.25) is 0 Å². The number of rotatable bonds is 5. The van der Waals surface area contributed by atoms with E-state index in [0.29, 0.717) is 5.75 Å². The molecule has 19 heavy (non-hydrogen) atoms. The lowest BCUT2D eigenvalue weighted by Crippen LogP contribution is -2.02. The van der Waals surface area contributed by atoms with E-state index in [1.165, 1.54) is 36.5 Å². The molecule has 0 N–H and O–H groups in total. The minimum atomic E-state index is -0.545. The summed E-state index contributed by atoms with van der Waals surface area (Å²) in [4.78, 5) is 25.7. The Labute approximate surface area is 112 Å². The molecule has 0 amide bonds. The van der Waals surface area contributed by atoms with Gasteiger partial charge in [-0.1, -0.05) is 0 Å². The monoisotopic (exact) mass is 278 g/mol. The number of nitro benzene ring substituents is 1. The Bertz CT molecular complexity index is 610. The smallest absolute Gasteiger partial charge is 0.270 e. The molecule has 0 bridgehead atoms. The number of carbonyl (C=O) groups is 1. The van der Waals surface area contributed by atoms with E-state index < -0.39 is 4.92 Å². The highest BCUT2D eigenvalue weighted by Crippen LogP contribution is 2.25. The van der Waals surface area contributed by atoms with Gasteiger partial charge in [-0.25, -0.2) is 4.98 Å². The average molecular weight is 278 g/mol. The number of aromatic nitrogens is 1. The number of non-ortho nitro benzene ring substituents is 1. The Hall–Kier alpha value is -2.28. The zero-order valence-corrected chi connectivity index (χ0v) is 10.8. The van der Waals surface area contributed by atoms with Gasteiger partial charge in [-0.05, 0) is 13.0 Å². The lowest BCUT2D eigenvalue weighted by molar-refractivity contribution is -0.384. The minimum absolute atomic E-state index is 0.133. The van der Waals surface area contributed by atoms with E-state index >= 15 is 0 Å². The summed E-state index contributed by atoms with van der Waals surface area (Å²) in [6.07, 6.45) is 1.66. The number of hydrogen-bond donors (Lipinski definition) is 0. The molecule has 98 valence electrons. The number of benzene rings is 1. The molecule has 7 heteroatoms. The first-order valence-electron chi connectivity index (χ1n) is 5.38. The SMILES string of the molecule is CC(=O)c1cc([N+](=O)[O-])ccc1OCc1nccs1. The highest BCUT2D eigenvalue weighted by atomic mass is 32.1. The fourth-order valence-corrected chi connectivity index (χ4v) is 2.02. The first-order valence-corrected chi connectivity index (χ1v) is 6.26. The van der Waals surface area contributed by atoms with Crippen LogP contribution in [-0.4, -0.2) is 15.7 Å². The summed E-state index contributed by atoms with van der Waals surface area (Å²) in [7, 11) is 0. The van der Waals surface area contributed by atoms with Crippen molar-refractivity contribution < 1.29 is 14.5 Å². The quantitative estimate of drug-likeness (QED) is 0.477. The average Bonchev–Trinajstić information content (AvgIpc) is 2.89. The molecule has 0 radical (unpaired) electrons. The van der Waals surface area contributed by atoms with E-state index in [4.69, 9.17) is 4.74 Å². The van der Waals surface area contributed by atoms with Crippen molar-refractivity contribution in [2.75, 3.05) is 0 Å².